The quantitative estimate of drug-likeness (QED) is 0.315. The summed E-state index contributed by atoms with van der Waals surface area (Å²) in [6.07, 6.45) is 0.949. The van der Waals surface area contributed by atoms with Gasteiger partial charge in [-0.3, -0.25) is 4.79 Å². The first-order valence-electron chi connectivity index (χ1n) is 10.7. The number of ketones is 1. The molecule has 0 unspecified atom stereocenters. The van der Waals surface area contributed by atoms with Gasteiger partial charge in [0.25, 0.3) is 0 Å². The smallest absolute Gasteiger partial charge is 0.216 e. The van der Waals surface area contributed by atoms with Gasteiger partial charge in [0, 0.05) is 38.4 Å². The molecule has 0 spiro atoms. The van der Waals surface area contributed by atoms with Crippen LogP contribution in [0.25, 0.3) is 0 Å². The highest BCUT2D eigenvalue weighted by molar-refractivity contribution is 7.99. The number of benzene rings is 3. The van der Waals surface area contributed by atoms with Gasteiger partial charge in [0.1, 0.15) is 6.54 Å². The lowest BCUT2D eigenvalue weighted by Gasteiger charge is -2.34. The molecule has 33 heavy (non-hydrogen) atoms. The summed E-state index contributed by atoms with van der Waals surface area (Å²) < 4.78 is 0.632. The minimum atomic E-state index is 0. The number of carbonyl (C=O) groups is 1. The van der Waals surface area contributed by atoms with Gasteiger partial charge in [-0.15, -0.1) is 0 Å². The molecule has 0 fully saturated rings. The van der Waals surface area contributed by atoms with E-state index in [-0.39, 0.29) is 22.8 Å². The largest absolute Gasteiger partial charge is 1.00 e. The number of Topliss-reactive ketones (excluding diaryl/α,β-unsaturated/α-hetero) is 1. The maximum atomic E-state index is 12.9. The third-order valence-corrected chi connectivity index (χ3v) is 7.57. The number of aryl methyl sites for hydroxylation is 1. The van der Waals surface area contributed by atoms with Gasteiger partial charge >= 0.3 is 0 Å². The molecule has 0 aromatic heterocycles. The molecule has 1 aliphatic heterocycles. The molecule has 174 valence electrons. The molecule has 1 heterocycles. The number of hydrogen-bond donors (Lipinski definition) is 0. The Kier molecular flexibility index (Phi) is 8.57. The summed E-state index contributed by atoms with van der Waals surface area (Å²) in [5.74, 6) is 0.145. The first kappa shape index (κ1) is 26.1. The predicted octanol–water partition coefficient (Wildman–Crippen LogP) is 4.26. The topological polar surface area (TPSA) is 20.3 Å². The fourth-order valence-electron chi connectivity index (χ4n) is 4.08. The van der Waals surface area contributed by atoms with E-state index in [0.717, 1.165) is 41.3 Å². The van der Waals surface area contributed by atoms with E-state index in [0.29, 0.717) is 16.1 Å². The van der Waals surface area contributed by atoms with Crippen molar-refractivity contribution in [2.24, 2.45) is 0 Å². The minimum absolute atomic E-state index is 0. The highest BCUT2D eigenvalue weighted by atomic mass is 79.9. The van der Waals surface area contributed by atoms with Crippen molar-refractivity contribution in [3.8, 4) is 0 Å². The van der Waals surface area contributed by atoms with E-state index in [9.17, 15) is 4.79 Å². The summed E-state index contributed by atoms with van der Waals surface area (Å²) in [5.41, 5.74) is 4.02. The van der Waals surface area contributed by atoms with Crippen LogP contribution in [0.3, 0.4) is 0 Å². The van der Waals surface area contributed by atoms with Crippen LogP contribution in [-0.4, -0.2) is 44.0 Å². The number of nitrogens with zero attached hydrogens (tertiary/aromatic N) is 2. The third-order valence-electron chi connectivity index (χ3n) is 5.78. The van der Waals surface area contributed by atoms with E-state index >= 15 is 0 Å². The summed E-state index contributed by atoms with van der Waals surface area (Å²) >= 11 is 14.2. The van der Waals surface area contributed by atoms with Crippen molar-refractivity contribution in [3.63, 3.8) is 0 Å². The number of fused-ring (bicyclic) bond motifs is 2. The van der Waals surface area contributed by atoms with Gasteiger partial charge in [0.15, 0.2) is 0 Å². The van der Waals surface area contributed by atoms with Crippen LogP contribution in [0.5, 0.6) is 0 Å². The average molecular weight is 566 g/mol. The highest BCUT2D eigenvalue weighted by Gasteiger charge is 2.25. The normalized spacial score (nSPS) is 12.6. The molecule has 1 aliphatic rings. The Bertz CT molecular complexity index is 1170. The Morgan fingerprint density at radius 3 is 2.45 bits per heavy atom. The molecule has 7 heteroatoms. The second kappa shape index (κ2) is 10.8. The number of halogens is 3. The van der Waals surface area contributed by atoms with E-state index in [2.05, 4.69) is 49.3 Å². The summed E-state index contributed by atoms with van der Waals surface area (Å²) in [7, 11) is 4.23. The van der Waals surface area contributed by atoms with E-state index < -0.39 is 0 Å². The fraction of sp³-hybridized carbons (Fsp3) is 0.269. The van der Waals surface area contributed by atoms with Gasteiger partial charge in [-0.1, -0.05) is 47.1 Å². The summed E-state index contributed by atoms with van der Waals surface area (Å²) in [6.45, 7) is 4.13. The van der Waals surface area contributed by atoms with Gasteiger partial charge in [-0.2, -0.15) is 0 Å². The van der Waals surface area contributed by atoms with Crippen LogP contribution in [0.1, 0.15) is 22.3 Å². The third kappa shape index (κ3) is 6.14. The number of quaternary nitrogens is 1. The van der Waals surface area contributed by atoms with Crippen molar-refractivity contribution in [2.45, 2.75) is 23.1 Å². The minimum Gasteiger partial charge on any atom is -1.00 e. The molecule has 0 atom stereocenters. The molecule has 4 rings (SSSR count). The van der Waals surface area contributed by atoms with Gasteiger partial charge < -0.3 is 26.4 Å². The van der Waals surface area contributed by atoms with E-state index in [4.69, 9.17) is 23.2 Å². The Balaban J connectivity index is 0.00000306. The van der Waals surface area contributed by atoms with E-state index in [1.165, 1.54) is 15.5 Å². The molecule has 3 aromatic carbocycles. The first-order chi connectivity index (χ1) is 15.2. The van der Waals surface area contributed by atoms with Crippen LogP contribution in [0.2, 0.25) is 10.0 Å². The number of para-hydroxylation sites is 1. The molecular formula is C26H27BrCl2N2OS. The van der Waals surface area contributed by atoms with Crippen molar-refractivity contribution in [1.82, 2.24) is 0 Å². The lowest BCUT2D eigenvalue weighted by Crippen LogP contribution is -3.00. The average Bonchev–Trinajstić information content (AvgIpc) is 2.75. The molecule has 0 aliphatic carbocycles. The van der Waals surface area contributed by atoms with Crippen LogP contribution < -0.4 is 21.9 Å². The van der Waals surface area contributed by atoms with E-state index in [1.54, 1.807) is 17.8 Å². The number of carbonyl (C=O) groups excluding carboxylic acids is 1. The SMILES string of the molecule is Cc1cc(C(=O)C[N+](C)(C)CCCN2c3ccccc3Sc3ccc(Cl)cc32)ccc1Cl.[Br-]. The number of rotatable bonds is 7. The summed E-state index contributed by atoms with van der Waals surface area (Å²) in [4.78, 5) is 17.7. The number of anilines is 2. The molecule has 0 saturated carbocycles. The van der Waals surface area contributed by atoms with Gasteiger partial charge in [-0.25, -0.2) is 0 Å². The second-order valence-corrected chi connectivity index (χ2v) is 10.8. The monoisotopic (exact) mass is 564 g/mol. The first-order valence-corrected chi connectivity index (χ1v) is 12.3. The van der Waals surface area contributed by atoms with Crippen LogP contribution in [0, 0.1) is 6.92 Å². The molecule has 0 N–H and O–H groups in total. The highest BCUT2D eigenvalue weighted by Crippen LogP contribution is 2.48. The van der Waals surface area contributed by atoms with Crippen molar-refractivity contribution < 1.29 is 26.3 Å². The Labute approximate surface area is 221 Å². The van der Waals surface area contributed by atoms with Gasteiger partial charge in [0.2, 0.25) is 5.78 Å². The molecule has 0 amide bonds. The predicted molar refractivity (Wildman–Crippen MR) is 136 cm³/mol. The molecule has 3 nitrogen and oxygen atoms in total. The van der Waals surface area contributed by atoms with E-state index in [1.807, 2.05) is 31.2 Å². The summed E-state index contributed by atoms with van der Waals surface area (Å²) in [5, 5.41) is 1.43. The maximum Gasteiger partial charge on any atom is 0.216 e. The van der Waals surface area contributed by atoms with Crippen molar-refractivity contribution >= 4 is 52.1 Å². The Morgan fingerprint density at radius 2 is 1.70 bits per heavy atom. The molecule has 0 bridgehead atoms. The number of likely N-dealkylation sites (N-methyl/N-ethyl adjacent to an activating group) is 1. The van der Waals surface area contributed by atoms with Crippen LogP contribution in [-0.2, 0) is 0 Å². The zero-order chi connectivity index (χ0) is 22.9. The lowest BCUT2D eigenvalue weighted by molar-refractivity contribution is -0.881. The lowest BCUT2D eigenvalue weighted by atomic mass is 10.1. The zero-order valence-corrected chi connectivity index (χ0v) is 22.9. The van der Waals surface area contributed by atoms with Gasteiger partial charge in [-0.05, 0) is 61.0 Å². The number of hydrogen-bond acceptors (Lipinski definition) is 3. The molecule has 0 saturated heterocycles. The van der Waals surface area contributed by atoms with Crippen LogP contribution in [0.4, 0.5) is 11.4 Å². The standard InChI is InChI=1S/C26H27Cl2N2OS.BrH/c1-18-15-19(9-11-21(18)28)24(31)17-30(2,3)14-6-13-29-22-7-4-5-8-25(22)32-26-12-10-20(27)16-23(26)29;/h4-5,7-12,15-16H,6,13-14,17H2,1-3H3;1H/q+1;/p-1. The van der Waals surface area contributed by atoms with Crippen molar-refractivity contribution in [3.05, 3.63) is 81.8 Å². The van der Waals surface area contributed by atoms with Crippen LogP contribution >= 0.6 is 35.0 Å². The van der Waals surface area contributed by atoms with Crippen molar-refractivity contribution in [1.29, 1.82) is 0 Å². The maximum absolute atomic E-state index is 12.9. The van der Waals surface area contributed by atoms with Gasteiger partial charge in [0.05, 0.1) is 32.0 Å². The molecule has 3 aromatic rings. The molecule has 0 radical (unpaired) electrons. The molecular weight excluding hydrogens is 539 g/mol. The summed E-state index contributed by atoms with van der Waals surface area (Å²) in [6, 6.07) is 20.1. The van der Waals surface area contributed by atoms with Crippen molar-refractivity contribution in [2.75, 3.05) is 38.6 Å². The van der Waals surface area contributed by atoms with Crippen LogP contribution in [0.15, 0.2) is 70.5 Å². The Hall–Kier alpha value is -1.50. The second-order valence-electron chi connectivity index (χ2n) is 8.89. The fourth-order valence-corrected chi connectivity index (χ4v) is 5.44. The Morgan fingerprint density at radius 1 is 0.970 bits per heavy atom. The zero-order valence-electron chi connectivity index (χ0n) is 18.9.